The molecule has 1 aromatic heterocycles. The van der Waals surface area contributed by atoms with Crippen molar-refractivity contribution in [3.8, 4) is 0 Å². The summed E-state index contributed by atoms with van der Waals surface area (Å²) in [6.45, 7) is 6.69. The quantitative estimate of drug-likeness (QED) is 0.352. The second-order valence-corrected chi connectivity index (χ2v) is 8.92. The van der Waals surface area contributed by atoms with Crippen molar-refractivity contribution in [1.82, 2.24) is 15.1 Å². The lowest BCUT2D eigenvalue weighted by Gasteiger charge is -2.33. The van der Waals surface area contributed by atoms with Crippen molar-refractivity contribution in [1.29, 1.82) is 0 Å². The van der Waals surface area contributed by atoms with E-state index in [4.69, 9.17) is 14.1 Å². The molecule has 6 nitrogen and oxygen atoms in total. The molecule has 2 atom stereocenters. The van der Waals surface area contributed by atoms with Gasteiger partial charge in [0.15, 0.2) is 5.96 Å². The molecule has 0 amide bonds. The van der Waals surface area contributed by atoms with Crippen molar-refractivity contribution in [2.75, 3.05) is 45.9 Å². The lowest BCUT2D eigenvalue weighted by molar-refractivity contribution is 0.0194. The van der Waals surface area contributed by atoms with Crippen LogP contribution in [0.15, 0.2) is 52.1 Å². The van der Waals surface area contributed by atoms with Gasteiger partial charge >= 0.3 is 0 Å². The number of likely N-dealkylation sites (tertiary alicyclic amines) is 1. The maximum atomic E-state index is 5.55. The number of fused-ring (bicyclic) bond motifs is 1. The fourth-order valence-electron chi connectivity index (χ4n) is 5.14. The molecule has 1 aromatic carbocycles. The monoisotopic (exact) mass is 550 g/mol. The van der Waals surface area contributed by atoms with Gasteiger partial charge in [-0.05, 0) is 48.9 Å². The summed E-state index contributed by atoms with van der Waals surface area (Å²) in [5.74, 6) is 2.08. The first-order chi connectivity index (χ1) is 15.3. The molecular weight excluding hydrogens is 515 g/mol. The zero-order valence-electron chi connectivity index (χ0n) is 18.7. The van der Waals surface area contributed by atoms with E-state index in [1.807, 2.05) is 12.1 Å². The maximum Gasteiger partial charge on any atom is 0.194 e. The van der Waals surface area contributed by atoms with Gasteiger partial charge in [-0.25, -0.2) is 0 Å². The summed E-state index contributed by atoms with van der Waals surface area (Å²) >= 11 is 0. The third-order valence-electron chi connectivity index (χ3n) is 6.90. The van der Waals surface area contributed by atoms with Crippen LogP contribution in [0.1, 0.15) is 29.7 Å². The van der Waals surface area contributed by atoms with Crippen molar-refractivity contribution in [2.24, 2.45) is 4.99 Å². The van der Waals surface area contributed by atoms with E-state index >= 15 is 0 Å². The molecule has 0 radical (unpaired) electrons. The zero-order valence-corrected chi connectivity index (χ0v) is 21.1. The van der Waals surface area contributed by atoms with Crippen LogP contribution in [0.4, 0.5) is 0 Å². The van der Waals surface area contributed by atoms with E-state index < -0.39 is 0 Å². The molecule has 2 unspecified atom stereocenters. The number of hydrogen-bond donors (Lipinski definition) is 1. The van der Waals surface area contributed by atoms with Crippen LogP contribution in [-0.4, -0.2) is 73.8 Å². The Morgan fingerprint density at radius 1 is 1.03 bits per heavy atom. The zero-order chi connectivity index (χ0) is 20.9. The molecule has 0 saturated carbocycles. The Kier molecular flexibility index (Phi) is 8.49. The summed E-state index contributed by atoms with van der Waals surface area (Å²) < 4.78 is 11.1. The predicted octanol–water partition coefficient (Wildman–Crippen LogP) is 3.35. The van der Waals surface area contributed by atoms with Crippen LogP contribution in [0.3, 0.4) is 0 Å². The Morgan fingerprint density at radius 2 is 1.88 bits per heavy atom. The summed E-state index contributed by atoms with van der Waals surface area (Å²) in [7, 11) is 0. The molecule has 32 heavy (non-hydrogen) atoms. The first kappa shape index (κ1) is 23.6. The average Bonchev–Trinajstić information content (AvgIpc) is 3.51. The van der Waals surface area contributed by atoms with Crippen LogP contribution in [0.5, 0.6) is 0 Å². The minimum atomic E-state index is 0. The molecule has 3 heterocycles. The Morgan fingerprint density at radius 3 is 2.69 bits per heavy atom. The van der Waals surface area contributed by atoms with Crippen molar-refractivity contribution < 1.29 is 9.15 Å². The summed E-state index contributed by atoms with van der Waals surface area (Å²) in [5.41, 5.74) is 2.99. The molecule has 2 aromatic rings. The number of aryl methyl sites for hydroxylation is 1. The summed E-state index contributed by atoms with van der Waals surface area (Å²) in [6.07, 6.45) is 7.16. The SMILES string of the molecule is I.c1coc(CCN=C(NC2CCc3ccccc3C2)N2CCC(N3CCOCC3)C2)c1. The highest BCUT2D eigenvalue weighted by atomic mass is 127. The fraction of sp³-hybridized carbons (Fsp3) is 0.560. The van der Waals surface area contributed by atoms with Gasteiger partial charge in [-0.2, -0.15) is 0 Å². The van der Waals surface area contributed by atoms with Gasteiger partial charge in [-0.1, -0.05) is 24.3 Å². The van der Waals surface area contributed by atoms with Gasteiger partial charge in [0.2, 0.25) is 0 Å². The Balaban J connectivity index is 0.00000245. The van der Waals surface area contributed by atoms with Gasteiger partial charge in [0, 0.05) is 51.2 Å². The number of nitrogens with zero attached hydrogens (tertiary/aromatic N) is 3. The largest absolute Gasteiger partial charge is 0.469 e. The van der Waals surface area contributed by atoms with Gasteiger partial charge < -0.3 is 19.4 Å². The number of guanidine groups is 1. The van der Waals surface area contributed by atoms with Crippen LogP contribution in [0.2, 0.25) is 0 Å². The van der Waals surface area contributed by atoms with Crippen LogP contribution < -0.4 is 5.32 Å². The van der Waals surface area contributed by atoms with E-state index in [-0.39, 0.29) is 24.0 Å². The number of aliphatic imine (C=N–C) groups is 1. The molecular formula is C25H35IN4O2. The minimum absolute atomic E-state index is 0. The second-order valence-electron chi connectivity index (χ2n) is 8.92. The second kappa shape index (κ2) is 11.5. The van der Waals surface area contributed by atoms with Crippen LogP contribution >= 0.6 is 24.0 Å². The Labute approximate surface area is 208 Å². The highest BCUT2D eigenvalue weighted by molar-refractivity contribution is 14.0. The number of benzene rings is 1. The first-order valence-electron chi connectivity index (χ1n) is 11.8. The van der Waals surface area contributed by atoms with Crippen molar-refractivity contribution in [3.05, 3.63) is 59.5 Å². The normalized spacial score (nSPS) is 24.1. The molecule has 1 aliphatic carbocycles. The molecule has 0 spiro atoms. The van der Waals surface area contributed by atoms with Crippen LogP contribution in [0, 0.1) is 0 Å². The predicted molar refractivity (Wildman–Crippen MR) is 138 cm³/mol. The standard InChI is InChI=1S/C25H34N4O2.HI/c1-2-5-21-18-22(8-7-20(21)4-1)27-25(26-11-9-24-6-3-15-31-24)29-12-10-23(19-29)28-13-16-30-17-14-28;/h1-6,15,22-23H,7-14,16-19H2,(H,26,27);1H. The summed E-state index contributed by atoms with van der Waals surface area (Å²) in [5, 5.41) is 3.84. The third kappa shape index (κ3) is 5.85. The number of ether oxygens (including phenoxy) is 1. The van der Waals surface area contributed by atoms with E-state index in [2.05, 4.69) is 39.4 Å². The molecule has 7 heteroatoms. The molecule has 0 bridgehead atoms. The van der Waals surface area contributed by atoms with E-state index in [0.29, 0.717) is 12.1 Å². The van der Waals surface area contributed by atoms with Crippen LogP contribution in [-0.2, 0) is 24.0 Å². The van der Waals surface area contributed by atoms with Crippen molar-refractivity contribution >= 4 is 29.9 Å². The summed E-state index contributed by atoms with van der Waals surface area (Å²) in [6, 6.07) is 13.9. The van der Waals surface area contributed by atoms with E-state index in [1.165, 1.54) is 17.5 Å². The van der Waals surface area contributed by atoms with E-state index in [1.54, 1.807) is 6.26 Å². The van der Waals surface area contributed by atoms with Crippen molar-refractivity contribution in [3.63, 3.8) is 0 Å². The van der Waals surface area contributed by atoms with Gasteiger partial charge in [0.1, 0.15) is 5.76 Å². The Hall–Kier alpha value is -1.58. The Bertz CT molecular complexity index is 867. The number of nitrogens with one attached hydrogen (secondary N) is 1. The van der Waals surface area contributed by atoms with Crippen LogP contribution in [0.25, 0.3) is 0 Å². The molecule has 2 saturated heterocycles. The topological polar surface area (TPSA) is 53.2 Å². The van der Waals surface area contributed by atoms with Gasteiger partial charge in [0.05, 0.1) is 19.5 Å². The highest BCUT2D eigenvalue weighted by Crippen LogP contribution is 2.22. The molecule has 3 aliphatic rings. The highest BCUT2D eigenvalue weighted by Gasteiger charge is 2.31. The lowest BCUT2D eigenvalue weighted by Crippen LogP contribution is -2.49. The number of hydrogen-bond acceptors (Lipinski definition) is 4. The third-order valence-corrected chi connectivity index (χ3v) is 6.90. The smallest absolute Gasteiger partial charge is 0.194 e. The summed E-state index contributed by atoms with van der Waals surface area (Å²) in [4.78, 5) is 10.1. The number of halogens is 1. The van der Waals surface area contributed by atoms with Gasteiger partial charge in [-0.3, -0.25) is 9.89 Å². The molecule has 5 rings (SSSR count). The molecule has 2 aliphatic heterocycles. The molecule has 174 valence electrons. The maximum absolute atomic E-state index is 5.55. The fourth-order valence-corrected chi connectivity index (χ4v) is 5.14. The molecule has 1 N–H and O–H groups in total. The van der Waals surface area contributed by atoms with E-state index in [0.717, 1.165) is 83.3 Å². The van der Waals surface area contributed by atoms with Gasteiger partial charge in [0.25, 0.3) is 0 Å². The average molecular weight is 550 g/mol. The molecule has 2 fully saturated rings. The minimum Gasteiger partial charge on any atom is -0.469 e. The van der Waals surface area contributed by atoms with E-state index in [9.17, 15) is 0 Å². The number of rotatable bonds is 5. The number of furan rings is 1. The lowest BCUT2D eigenvalue weighted by atomic mass is 9.88. The van der Waals surface area contributed by atoms with Gasteiger partial charge in [-0.15, -0.1) is 24.0 Å². The number of morpholine rings is 1. The first-order valence-corrected chi connectivity index (χ1v) is 11.8. The van der Waals surface area contributed by atoms with Crippen molar-refractivity contribution in [2.45, 2.75) is 44.2 Å².